The van der Waals surface area contributed by atoms with Crippen LogP contribution < -0.4 is 0 Å². The SMILES string of the molecule is Cc1ccnc(Sc2ccc(C(C)O)cc2[N+](=O)[O-])n1. The molecule has 0 aliphatic heterocycles. The van der Waals surface area contributed by atoms with Crippen molar-refractivity contribution in [2.45, 2.75) is 30.0 Å². The largest absolute Gasteiger partial charge is 0.389 e. The number of aliphatic hydroxyl groups is 1. The molecule has 0 amide bonds. The van der Waals surface area contributed by atoms with Crippen LogP contribution in [0, 0.1) is 17.0 Å². The Morgan fingerprint density at radius 3 is 2.75 bits per heavy atom. The zero-order valence-electron chi connectivity index (χ0n) is 11.0. The molecular formula is C13H13N3O3S. The predicted octanol–water partition coefficient (Wildman–Crippen LogP) is 2.90. The standard InChI is InChI=1S/C13H13N3O3S/c1-8-5-6-14-13(15-8)20-12-4-3-10(9(2)17)7-11(12)16(18)19/h3-7,9,17H,1-2H3. The minimum atomic E-state index is -0.747. The maximum absolute atomic E-state index is 11.1. The number of hydrogen-bond acceptors (Lipinski definition) is 6. The van der Waals surface area contributed by atoms with Crippen molar-refractivity contribution in [3.05, 3.63) is 51.8 Å². The van der Waals surface area contributed by atoms with E-state index in [-0.39, 0.29) is 5.69 Å². The molecule has 0 spiro atoms. The first-order valence-corrected chi connectivity index (χ1v) is 6.73. The van der Waals surface area contributed by atoms with Crippen molar-refractivity contribution in [3.8, 4) is 0 Å². The summed E-state index contributed by atoms with van der Waals surface area (Å²) in [6.45, 7) is 3.40. The number of benzene rings is 1. The molecule has 2 rings (SSSR count). The van der Waals surface area contributed by atoms with Crippen LogP contribution >= 0.6 is 11.8 Å². The summed E-state index contributed by atoms with van der Waals surface area (Å²) < 4.78 is 0. The first-order chi connectivity index (χ1) is 9.47. The van der Waals surface area contributed by atoms with Crippen LogP contribution in [0.4, 0.5) is 5.69 Å². The Kier molecular flexibility index (Phi) is 4.31. The molecule has 104 valence electrons. The predicted molar refractivity (Wildman–Crippen MR) is 74.6 cm³/mol. The van der Waals surface area contributed by atoms with E-state index in [1.54, 1.807) is 31.3 Å². The zero-order valence-corrected chi connectivity index (χ0v) is 11.8. The maximum Gasteiger partial charge on any atom is 0.283 e. The molecule has 0 aliphatic rings. The van der Waals surface area contributed by atoms with Crippen molar-refractivity contribution < 1.29 is 10.0 Å². The van der Waals surface area contributed by atoms with Crippen LogP contribution in [0.25, 0.3) is 0 Å². The fourth-order valence-electron chi connectivity index (χ4n) is 1.60. The molecular weight excluding hydrogens is 278 g/mol. The highest BCUT2D eigenvalue weighted by atomic mass is 32.2. The Morgan fingerprint density at radius 2 is 2.15 bits per heavy atom. The van der Waals surface area contributed by atoms with E-state index in [0.29, 0.717) is 15.6 Å². The molecule has 2 aromatic rings. The van der Waals surface area contributed by atoms with Gasteiger partial charge in [-0.05, 0) is 43.3 Å². The molecule has 6 nitrogen and oxygen atoms in total. The highest BCUT2D eigenvalue weighted by molar-refractivity contribution is 7.99. The summed E-state index contributed by atoms with van der Waals surface area (Å²) in [5, 5.41) is 21.1. The van der Waals surface area contributed by atoms with Crippen molar-refractivity contribution in [1.29, 1.82) is 0 Å². The molecule has 0 fully saturated rings. The van der Waals surface area contributed by atoms with Crippen molar-refractivity contribution >= 4 is 17.4 Å². The van der Waals surface area contributed by atoms with E-state index in [1.807, 2.05) is 6.92 Å². The summed E-state index contributed by atoms with van der Waals surface area (Å²) in [7, 11) is 0. The molecule has 0 bridgehead atoms. The zero-order chi connectivity index (χ0) is 14.7. The molecule has 1 aromatic heterocycles. The summed E-state index contributed by atoms with van der Waals surface area (Å²) in [5.41, 5.74) is 1.25. The van der Waals surface area contributed by atoms with E-state index >= 15 is 0 Å². The number of nitro groups is 1. The van der Waals surface area contributed by atoms with E-state index in [0.717, 1.165) is 17.5 Å². The van der Waals surface area contributed by atoms with Crippen molar-refractivity contribution in [3.63, 3.8) is 0 Å². The van der Waals surface area contributed by atoms with E-state index < -0.39 is 11.0 Å². The first-order valence-electron chi connectivity index (χ1n) is 5.91. The number of nitro benzene ring substituents is 1. The van der Waals surface area contributed by atoms with Crippen LogP contribution in [0.5, 0.6) is 0 Å². The van der Waals surface area contributed by atoms with Crippen molar-refractivity contribution in [2.75, 3.05) is 0 Å². The molecule has 1 atom stereocenters. The molecule has 1 unspecified atom stereocenters. The lowest BCUT2D eigenvalue weighted by Gasteiger charge is -2.07. The topological polar surface area (TPSA) is 89.2 Å². The summed E-state index contributed by atoms with van der Waals surface area (Å²) in [5.74, 6) is 0. The van der Waals surface area contributed by atoms with Gasteiger partial charge >= 0.3 is 0 Å². The molecule has 1 heterocycles. The highest BCUT2D eigenvalue weighted by Gasteiger charge is 2.18. The van der Waals surface area contributed by atoms with Gasteiger partial charge in [0.25, 0.3) is 5.69 Å². The van der Waals surface area contributed by atoms with Crippen molar-refractivity contribution in [2.24, 2.45) is 0 Å². The molecule has 0 aliphatic carbocycles. The third kappa shape index (κ3) is 3.31. The Morgan fingerprint density at radius 1 is 1.40 bits per heavy atom. The van der Waals surface area contributed by atoms with Gasteiger partial charge in [0.1, 0.15) is 0 Å². The number of rotatable bonds is 4. The quantitative estimate of drug-likeness (QED) is 0.529. The number of aliphatic hydroxyl groups excluding tert-OH is 1. The van der Waals surface area contributed by atoms with E-state index in [9.17, 15) is 15.2 Å². The van der Waals surface area contributed by atoms with Gasteiger partial charge in [0, 0.05) is 18.0 Å². The normalized spacial score (nSPS) is 12.2. The average molecular weight is 291 g/mol. The van der Waals surface area contributed by atoms with Gasteiger partial charge in [-0.25, -0.2) is 9.97 Å². The molecule has 7 heteroatoms. The van der Waals surface area contributed by atoms with E-state index in [2.05, 4.69) is 9.97 Å². The Balaban J connectivity index is 2.38. The van der Waals surface area contributed by atoms with Gasteiger partial charge in [0.05, 0.1) is 15.9 Å². The Hall–Kier alpha value is -1.99. The minimum Gasteiger partial charge on any atom is -0.389 e. The fraction of sp³-hybridized carbons (Fsp3) is 0.231. The Bertz CT molecular complexity index is 647. The van der Waals surface area contributed by atoms with Gasteiger partial charge < -0.3 is 5.11 Å². The second-order valence-corrected chi connectivity index (χ2v) is 5.25. The molecule has 1 aromatic carbocycles. The molecule has 1 N–H and O–H groups in total. The lowest BCUT2D eigenvalue weighted by Crippen LogP contribution is -1.97. The van der Waals surface area contributed by atoms with Gasteiger partial charge in [-0.15, -0.1) is 0 Å². The number of aromatic nitrogens is 2. The van der Waals surface area contributed by atoms with Crippen LogP contribution in [0.2, 0.25) is 0 Å². The van der Waals surface area contributed by atoms with Gasteiger partial charge in [-0.2, -0.15) is 0 Å². The third-order valence-corrected chi connectivity index (χ3v) is 3.58. The summed E-state index contributed by atoms with van der Waals surface area (Å²) in [6.07, 6.45) is 0.865. The fourth-order valence-corrected chi connectivity index (χ4v) is 2.47. The first kappa shape index (κ1) is 14.4. The average Bonchev–Trinajstić information content (AvgIpc) is 2.38. The third-order valence-electron chi connectivity index (χ3n) is 2.64. The van der Waals surface area contributed by atoms with Crippen LogP contribution in [-0.4, -0.2) is 20.0 Å². The monoisotopic (exact) mass is 291 g/mol. The minimum absolute atomic E-state index is 0.0569. The Labute approximate surface area is 120 Å². The lowest BCUT2D eigenvalue weighted by molar-refractivity contribution is -0.387. The number of aryl methyl sites for hydroxylation is 1. The summed E-state index contributed by atoms with van der Waals surface area (Å²) in [6, 6.07) is 6.41. The summed E-state index contributed by atoms with van der Waals surface area (Å²) in [4.78, 5) is 19.4. The van der Waals surface area contributed by atoms with Gasteiger partial charge in [0.15, 0.2) is 5.16 Å². The molecule has 0 saturated carbocycles. The highest BCUT2D eigenvalue weighted by Crippen LogP contribution is 2.34. The maximum atomic E-state index is 11.1. The van der Waals surface area contributed by atoms with Gasteiger partial charge in [0.2, 0.25) is 0 Å². The smallest absolute Gasteiger partial charge is 0.283 e. The van der Waals surface area contributed by atoms with E-state index in [4.69, 9.17) is 0 Å². The van der Waals surface area contributed by atoms with Crippen LogP contribution in [-0.2, 0) is 0 Å². The molecule has 0 saturated heterocycles. The second kappa shape index (κ2) is 5.98. The number of nitrogens with zero attached hydrogens (tertiary/aromatic N) is 3. The molecule has 20 heavy (non-hydrogen) atoms. The molecule has 0 radical (unpaired) electrons. The lowest BCUT2D eigenvalue weighted by atomic mass is 10.1. The van der Waals surface area contributed by atoms with Gasteiger partial charge in [-0.3, -0.25) is 10.1 Å². The second-order valence-electron chi connectivity index (χ2n) is 4.24. The van der Waals surface area contributed by atoms with Crippen LogP contribution in [0.3, 0.4) is 0 Å². The van der Waals surface area contributed by atoms with Gasteiger partial charge in [-0.1, -0.05) is 6.07 Å². The van der Waals surface area contributed by atoms with Crippen LogP contribution in [0.15, 0.2) is 40.5 Å². The van der Waals surface area contributed by atoms with Crippen molar-refractivity contribution in [1.82, 2.24) is 9.97 Å². The summed E-state index contributed by atoms with van der Waals surface area (Å²) >= 11 is 1.13. The van der Waals surface area contributed by atoms with Crippen LogP contribution in [0.1, 0.15) is 24.3 Å². The number of hydrogen-bond donors (Lipinski definition) is 1. The van der Waals surface area contributed by atoms with E-state index in [1.165, 1.54) is 6.07 Å².